The molecule has 1 aliphatic rings. The molecule has 0 spiro atoms. The Bertz CT molecular complexity index is 1190. The molecule has 12 heteroatoms. The Morgan fingerprint density at radius 3 is 2.60 bits per heavy atom. The third kappa shape index (κ3) is 6.95. The maximum Gasteiger partial charge on any atom is 0.418 e. The fraction of sp³-hybridized carbons (Fsp3) is 0.304. The highest BCUT2D eigenvalue weighted by molar-refractivity contribution is 8.26. The molecule has 1 saturated heterocycles. The molecule has 7 nitrogen and oxygen atoms in total. The Kier molecular flexibility index (Phi) is 8.39. The van der Waals surface area contributed by atoms with Crippen molar-refractivity contribution in [3.05, 3.63) is 46.6 Å². The predicted molar refractivity (Wildman–Crippen MR) is 129 cm³/mol. The molecule has 1 aromatic heterocycles. The molecule has 0 radical (unpaired) electrons. The lowest BCUT2D eigenvalue weighted by atomic mass is 10.1. The lowest BCUT2D eigenvalue weighted by Crippen LogP contribution is -2.29. The standard InChI is InChI=1S/C23H21F3N2O5S2/c1-13(29)27-17-8-6-14(11-16(17)23(24,25)26)18-9-7-15(33-18)12-19-21(32)28(22(34)35-19)10-4-2-3-5-20(30)31/h6-9,11-12H,2-5,10H2,1H3,(H,27,29)(H,30,31). The number of aliphatic carboxylic acids is 1. The van der Waals surface area contributed by atoms with E-state index < -0.39 is 23.6 Å². The summed E-state index contributed by atoms with van der Waals surface area (Å²) in [7, 11) is 0. The number of alkyl halides is 3. The summed E-state index contributed by atoms with van der Waals surface area (Å²) < 4.78 is 46.5. The molecule has 0 unspecified atom stereocenters. The highest BCUT2D eigenvalue weighted by Crippen LogP contribution is 2.38. The largest absolute Gasteiger partial charge is 0.481 e. The minimum atomic E-state index is -4.69. The minimum absolute atomic E-state index is 0.0690. The zero-order valence-electron chi connectivity index (χ0n) is 18.5. The number of nitrogens with zero attached hydrogens (tertiary/aromatic N) is 1. The van der Waals surface area contributed by atoms with Crippen LogP contribution in [0.15, 0.2) is 39.7 Å². The molecule has 2 amide bonds. The second-order valence-electron chi connectivity index (χ2n) is 7.68. The van der Waals surface area contributed by atoms with Crippen molar-refractivity contribution in [1.29, 1.82) is 0 Å². The van der Waals surface area contributed by atoms with Crippen molar-refractivity contribution in [2.75, 3.05) is 11.9 Å². The van der Waals surface area contributed by atoms with Crippen LogP contribution in [0.3, 0.4) is 0 Å². The molecule has 0 saturated carbocycles. The molecule has 0 atom stereocenters. The lowest BCUT2D eigenvalue weighted by molar-refractivity contribution is -0.138. The number of halogens is 3. The zero-order chi connectivity index (χ0) is 25.8. The number of nitrogens with one attached hydrogen (secondary N) is 1. The molecule has 1 aromatic carbocycles. The zero-order valence-corrected chi connectivity index (χ0v) is 20.1. The monoisotopic (exact) mass is 526 g/mol. The molecule has 2 heterocycles. The van der Waals surface area contributed by atoms with E-state index in [0.717, 1.165) is 30.8 Å². The highest BCUT2D eigenvalue weighted by Gasteiger charge is 2.35. The lowest BCUT2D eigenvalue weighted by Gasteiger charge is -2.14. The summed E-state index contributed by atoms with van der Waals surface area (Å²) in [5.74, 6) is -1.38. The first-order chi connectivity index (χ1) is 16.5. The number of carboxylic acid groups (broad SMARTS) is 1. The first-order valence-corrected chi connectivity index (χ1v) is 11.7. The molecule has 1 fully saturated rings. The average Bonchev–Trinajstić information content (AvgIpc) is 3.32. The van der Waals surface area contributed by atoms with Crippen LogP contribution >= 0.6 is 24.0 Å². The molecule has 1 aliphatic heterocycles. The van der Waals surface area contributed by atoms with Gasteiger partial charge < -0.3 is 14.8 Å². The molecule has 0 bridgehead atoms. The number of amides is 2. The van der Waals surface area contributed by atoms with Crippen molar-refractivity contribution < 1.29 is 37.1 Å². The highest BCUT2D eigenvalue weighted by atomic mass is 32.2. The van der Waals surface area contributed by atoms with Gasteiger partial charge in [0.15, 0.2) is 0 Å². The van der Waals surface area contributed by atoms with Crippen molar-refractivity contribution in [2.45, 2.75) is 38.8 Å². The van der Waals surface area contributed by atoms with E-state index in [-0.39, 0.29) is 35.1 Å². The Labute approximate surface area is 208 Å². The third-order valence-corrected chi connectivity index (χ3v) is 6.34. The summed E-state index contributed by atoms with van der Waals surface area (Å²) in [5, 5.41) is 10.8. The van der Waals surface area contributed by atoms with Crippen LogP contribution in [0.5, 0.6) is 0 Å². The topological polar surface area (TPSA) is 99.9 Å². The fourth-order valence-electron chi connectivity index (χ4n) is 3.36. The van der Waals surface area contributed by atoms with Crippen LogP contribution in [0.25, 0.3) is 17.4 Å². The normalized spacial score (nSPS) is 15.2. The Morgan fingerprint density at radius 2 is 1.94 bits per heavy atom. The van der Waals surface area contributed by atoms with Gasteiger partial charge in [0, 0.05) is 31.5 Å². The quantitative estimate of drug-likeness (QED) is 0.243. The predicted octanol–water partition coefficient (Wildman–Crippen LogP) is 5.77. The van der Waals surface area contributed by atoms with Crippen LogP contribution in [0.1, 0.15) is 43.9 Å². The van der Waals surface area contributed by atoms with E-state index in [2.05, 4.69) is 5.32 Å². The van der Waals surface area contributed by atoms with E-state index in [0.29, 0.717) is 35.0 Å². The Morgan fingerprint density at radius 1 is 1.20 bits per heavy atom. The van der Waals surface area contributed by atoms with Gasteiger partial charge in [0.05, 0.1) is 16.2 Å². The van der Waals surface area contributed by atoms with Gasteiger partial charge in [0.2, 0.25) is 5.91 Å². The number of unbranched alkanes of at least 4 members (excludes halogenated alkanes) is 2. The summed E-state index contributed by atoms with van der Waals surface area (Å²) >= 11 is 6.36. The number of thiocarbonyl (C=S) groups is 1. The van der Waals surface area contributed by atoms with Crippen molar-refractivity contribution in [1.82, 2.24) is 4.90 Å². The third-order valence-electron chi connectivity index (χ3n) is 4.97. The summed E-state index contributed by atoms with van der Waals surface area (Å²) in [6.07, 6.45) is -1.39. The van der Waals surface area contributed by atoms with Crippen molar-refractivity contribution in [2.24, 2.45) is 0 Å². The van der Waals surface area contributed by atoms with E-state index in [1.54, 1.807) is 0 Å². The van der Waals surface area contributed by atoms with Crippen LogP contribution in [0.2, 0.25) is 0 Å². The summed E-state index contributed by atoms with van der Waals surface area (Å²) in [4.78, 5) is 36.3. The van der Waals surface area contributed by atoms with E-state index >= 15 is 0 Å². The van der Waals surface area contributed by atoms with Gasteiger partial charge in [0.25, 0.3) is 5.91 Å². The van der Waals surface area contributed by atoms with Crippen LogP contribution in [-0.2, 0) is 20.6 Å². The number of furan rings is 1. The molecular formula is C23H21F3N2O5S2. The summed E-state index contributed by atoms with van der Waals surface area (Å²) in [5.41, 5.74) is -1.21. The molecule has 35 heavy (non-hydrogen) atoms. The second-order valence-corrected chi connectivity index (χ2v) is 9.35. The van der Waals surface area contributed by atoms with Crippen molar-refractivity contribution >= 4 is 57.8 Å². The Hall–Kier alpha value is -3.12. The molecule has 2 aromatic rings. The maximum absolute atomic E-state index is 13.5. The Balaban J connectivity index is 1.73. The molecule has 2 N–H and O–H groups in total. The maximum atomic E-state index is 13.5. The van der Waals surface area contributed by atoms with Gasteiger partial charge in [-0.1, -0.05) is 30.4 Å². The van der Waals surface area contributed by atoms with Gasteiger partial charge in [-0.15, -0.1) is 0 Å². The van der Waals surface area contributed by atoms with Gasteiger partial charge in [-0.25, -0.2) is 0 Å². The fourth-order valence-corrected chi connectivity index (χ4v) is 4.65. The average molecular weight is 527 g/mol. The van der Waals surface area contributed by atoms with Gasteiger partial charge in [-0.3, -0.25) is 19.3 Å². The van der Waals surface area contributed by atoms with Crippen LogP contribution in [-0.4, -0.2) is 38.7 Å². The van der Waals surface area contributed by atoms with Crippen LogP contribution in [0.4, 0.5) is 18.9 Å². The number of carboxylic acids is 1. The number of carbonyl (C=O) groups excluding carboxylic acids is 2. The van der Waals surface area contributed by atoms with E-state index in [9.17, 15) is 27.6 Å². The number of hydrogen-bond donors (Lipinski definition) is 2. The van der Waals surface area contributed by atoms with Gasteiger partial charge in [-0.05, 0) is 43.2 Å². The SMILES string of the molecule is CC(=O)Nc1ccc(-c2ccc(C=C3SC(=S)N(CCCCCC(=O)O)C3=O)o2)cc1C(F)(F)F. The van der Waals surface area contributed by atoms with E-state index in [1.165, 1.54) is 29.2 Å². The number of hydrogen-bond acceptors (Lipinski definition) is 6. The van der Waals surface area contributed by atoms with E-state index in [4.69, 9.17) is 21.7 Å². The number of benzene rings is 1. The number of rotatable bonds is 9. The van der Waals surface area contributed by atoms with Crippen LogP contribution < -0.4 is 5.32 Å². The van der Waals surface area contributed by atoms with Gasteiger partial charge in [0.1, 0.15) is 15.8 Å². The second kappa shape index (κ2) is 11.1. The van der Waals surface area contributed by atoms with E-state index in [1.807, 2.05) is 0 Å². The minimum Gasteiger partial charge on any atom is -0.481 e. The molecule has 0 aliphatic carbocycles. The molecule has 186 valence electrons. The summed E-state index contributed by atoms with van der Waals surface area (Å²) in [6, 6.07) is 6.46. The molecule has 3 rings (SSSR count). The van der Waals surface area contributed by atoms with Gasteiger partial charge >= 0.3 is 12.1 Å². The van der Waals surface area contributed by atoms with Crippen LogP contribution in [0, 0.1) is 0 Å². The first kappa shape index (κ1) is 26.5. The number of carbonyl (C=O) groups is 3. The molecular weight excluding hydrogens is 505 g/mol. The van der Waals surface area contributed by atoms with Crippen molar-refractivity contribution in [3.63, 3.8) is 0 Å². The first-order valence-electron chi connectivity index (χ1n) is 10.5. The summed E-state index contributed by atoms with van der Waals surface area (Å²) in [6.45, 7) is 1.49. The van der Waals surface area contributed by atoms with Crippen molar-refractivity contribution in [3.8, 4) is 11.3 Å². The number of thioether (sulfide) groups is 1. The smallest absolute Gasteiger partial charge is 0.418 e. The number of anilines is 1. The van der Waals surface area contributed by atoms with Gasteiger partial charge in [-0.2, -0.15) is 13.2 Å².